The van der Waals surface area contributed by atoms with Crippen LogP contribution in [0.5, 0.6) is 0 Å². The highest BCUT2D eigenvalue weighted by Crippen LogP contribution is 2.29. The second-order valence-corrected chi connectivity index (χ2v) is 6.85. The number of aromatic amines is 1. The lowest BCUT2D eigenvalue weighted by Gasteiger charge is -2.38. The fraction of sp³-hybridized carbons (Fsp3) is 0.333. The van der Waals surface area contributed by atoms with Gasteiger partial charge in [0, 0.05) is 37.4 Å². The Labute approximate surface area is 161 Å². The van der Waals surface area contributed by atoms with E-state index in [4.69, 9.17) is 27.9 Å². The quantitative estimate of drug-likeness (QED) is 0.808. The first kappa shape index (κ1) is 18.8. The molecule has 1 fully saturated rings. The number of nitrogens with zero attached hydrogens (tertiary/aromatic N) is 2. The number of aromatic nitrogens is 1. The number of esters is 1. The van der Waals surface area contributed by atoms with E-state index in [2.05, 4.69) is 4.98 Å². The predicted molar refractivity (Wildman–Crippen MR) is 99.5 cm³/mol. The molecule has 1 aromatic carbocycles. The number of ether oxygens (including phenoxy) is 1. The van der Waals surface area contributed by atoms with Crippen LogP contribution in [0.25, 0.3) is 0 Å². The van der Waals surface area contributed by atoms with Gasteiger partial charge in [-0.15, -0.1) is 0 Å². The third-order valence-electron chi connectivity index (χ3n) is 4.47. The molecule has 0 saturated carbocycles. The van der Waals surface area contributed by atoms with Gasteiger partial charge >= 0.3 is 5.97 Å². The molecule has 0 spiro atoms. The molecule has 1 amide bonds. The summed E-state index contributed by atoms with van der Waals surface area (Å²) in [5, 5.41) is 1.01. The Balaban J connectivity index is 1.73. The zero-order chi connectivity index (χ0) is 18.7. The summed E-state index contributed by atoms with van der Waals surface area (Å²) >= 11 is 12.2. The number of amides is 1. The van der Waals surface area contributed by atoms with Crippen LogP contribution in [0.3, 0.4) is 0 Å². The maximum Gasteiger partial charge on any atom is 0.327 e. The van der Waals surface area contributed by atoms with E-state index in [-0.39, 0.29) is 11.9 Å². The molecule has 26 heavy (non-hydrogen) atoms. The largest absolute Gasteiger partial charge is 0.468 e. The van der Waals surface area contributed by atoms with Crippen LogP contribution in [0.2, 0.25) is 10.0 Å². The standard InChI is InChI=1S/C18H19Cl2N3O3/c1-26-18(25)16(13-4-2-3-5-14(13)20)22-6-8-23(9-7-22)17(24)15-10-12(19)11-21-15/h2-5,10-11,16,21H,6-9H2,1H3. The summed E-state index contributed by atoms with van der Waals surface area (Å²) in [6, 6.07) is 8.25. The van der Waals surface area contributed by atoms with Crippen molar-refractivity contribution in [1.29, 1.82) is 0 Å². The Kier molecular flexibility index (Phi) is 5.86. The van der Waals surface area contributed by atoms with Gasteiger partial charge in [0.25, 0.3) is 5.91 Å². The molecule has 3 rings (SSSR count). The smallest absolute Gasteiger partial charge is 0.327 e. The first-order valence-electron chi connectivity index (χ1n) is 8.20. The van der Waals surface area contributed by atoms with E-state index >= 15 is 0 Å². The number of rotatable bonds is 4. The number of hydrogen-bond donors (Lipinski definition) is 1. The number of halogens is 2. The van der Waals surface area contributed by atoms with Gasteiger partial charge in [0.1, 0.15) is 11.7 Å². The maximum atomic E-state index is 12.5. The normalized spacial score (nSPS) is 16.3. The van der Waals surface area contributed by atoms with Gasteiger partial charge in [-0.3, -0.25) is 9.69 Å². The van der Waals surface area contributed by atoms with Gasteiger partial charge in [-0.1, -0.05) is 41.4 Å². The molecular formula is C18H19Cl2N3O3. The molecule has 1 aliphatic rings. The molecule has 2 aromatic rings. The van der Waals surface area contributed by atoms with Crippen molar-refractivity contribution in [2.24, 2.45) is 0 Å². The Morgan fingerprint density at radius 1 is 1.15 bits per heavy atom. The van der Waals surface area contributed by atoms with Crippen LogP contribution in [-0.2, 0) is 9.53 Å². The van der Waals surface area contributed by atoms with Crippen molar-refractivity contribution >= 4 is 35.1 Å². The molecule has 1 N–H and O–H groups in total. The van der Waals surface area contributed by atoms with Gasteiger partial charge in [-0.25, -0.2) is 4.79 Å². The molecule has 1 atom stereocenters. The van der Waals surface area contributed by atoms with Crippen molar-refractivity contribution < 1.29 is 14.3 Å². The SMILES string of the molecule is COC(=O)C(c1ccccc1Cl)N1CCN(C(=O)c2cc(Cl)c[nH]2)CC1. The van der Waals surface area contributed by atoms with Gasteiger partial charge in [-0.2, -0.15) is 0 Å². The van der Waals surface area contributed by atoms with Crippen molar-refractivity contribution in [2.45, 2.75) is 6.04 Å². The van der Waals surface area contributed by atoms with Crippen molar-refractivity contribution in [3.63, 3.8) is 0 Å². The molecule has 138 valence electrons. The van der Waals surface area contributed by atoms with E-state index in [1.165, 1.54) is 7.11 Å². The van der Waals surface area contributed by atoms with Gasteiger partial charge in [0.15, 0.2) is 0 Å². The molecule has 6 nitrogen and oxygen atoms in total. The summed E-state index contributed by atoms with van der Waals surface area (Å²) in [4.78, 5) is 31.5. The second kappa shape index (κ2) is 8.12. The molecule has 8 heteroatoms. The van der Waals surface area contributed by atoms with E-state index in [9.17, 15) is 9.59 Å². The van der Waals surface area contributed by atoms with Gasteiger partial charge in [0.05, 0.1) is 12.1 Å². The molecule has 1 saturated heterocycles. The van der Waals surface area contributed by atoms with Crippen molar-refractivity contribution in [3.8, 4) is 0 Å². The summed E-state index contributed by atoms with van der Waals surface area (Å²) in [5.74, 6) is -0.474. The molecule has 0 aliphatic carbocycles. The van der Waals surface area contributed by atoms with E-state index < -0.39 is 6.04 Å². The Morgan fingerprint density at radius 3 is 2.42 bits per heavy atom. The minimum atomic E-state index is -0.592. The minimum absolute atomic E-state index is 0.107. The fourth-order valence-electron chi connectivity index (χ4n) is 3.13. The highest BCUT2D eigenvalue weighted by atomic mass is 35.5. The summed E-state index contributed by atoms with van der Waals surface area (Å²) in [5.41, 5.74) is 1.16. The molecule has 2 heterocycles. The molecule has 0 bridgehead atoms. The first-order chi connectivity index (χ1) is 12.5. The van der Waals surface area contributed by atoms with Crippen molar-refractivity contribution in [1.82, 2.24) is 14.8 Å². The fourth-order valence-corrected chi connectivity index (χ4v) is 3.53. The van der Waals surface area contributed by atoms with E-state index in [0.29, 0.717) is 47.5 Å². The number of carbonyl (C=O) groups excluding carboxylic acids is 2. The number of H-pyrrole nitrogens is 1. The number of piperazine rings is 1. The highest BCUT2D eigenvalue weighted by molar-refractivity contribution is 6.31. The van der Waals surface area contributed by atoms with E-state index in [1.807, 2.05) is 23.1 Å². The average molecular weight is 396 g/mol. The lowest BCUT2D eigenvalue weighted by molar-refractivity contribution is -0.148. The van der Waals surface area contributed by atoms with Crippen LogP contribution in [-0.4, -0.2) is 59.9 Å². The third kappa shape index (κ3) is 3.87. The number of carbonyl (C=O) groups is 2. The van der Waals surface area contributed by atoms with Crippen molar-refractivity contribution in [3.05, 3.63) is 57.8 Å². The van der Waals surface area contributed by atoms with Crippen LogP contribution in [0.15, 0.2) is 36.5 Å². The molecular weight excluding hydrogens is 377 g/mol. The van der Waals surface area contributed by atoms with Gasteiger partial charge < -0.3 is 14.6 Å². The summed E-state index contributed by atoms with van der Waals surface area (Å²) in [7, 11) is 1.36. The van der Waals surface area contributed by atoms with Crippen molar-refractivity contribution in [2.75, 3.05) is 33.3 Å². The Morgan fingerprint density at radius 2 is 1.85 bits per heavy atom. The monoisotopic (exact) mass is 395 g/mol. The van der Waals surface area contributed by atoms with Crippen LogP contribution in [0, 0.1) is 0 Å². The summed E-state index contributed by atoms with van der Waals surface area (Å²) < 4.78 is 4.98. The number of nitrogens with one attached hydrogen (secondary N) is 1. The zero-order valence-electron chi connectivity index (χ0n) is 14.2. The lowest BCUT2D eigenvalue weighted by atomic mass is 10.0. The Hall–Kier alpha value is -2.02. The molecule has 1 aliphatic heterocycles. The third-order valence-corrected chi connectivity index (χ3v) is 5.03. The number of hydrogen-bond acceptors (Lipinski definition) is 4. The minimum Gasteiger partial charge on any atom is -0.468 e. The average Bonchev–Trinajstić information content (AvgIpc) is 3.09. The summed E-state index contributed by atoms with van der Waals surface area (Å²) in [6.45, 7) is 2.05. The Bertz CT molecular complexity index is 800. The van der Waals surface area contributed by atoms with E-state index in [0.717, 1.165) is 0 Å². The topological polar surface area (TPSA) is 65.6 Å². The lowest BCUT2D eigenvalue weighted by Crippen LogP contribution is -2.51. The molecule has 1 unspecified atom stereocenters. The van der Waals surface area contributed by atoms with Crippen LogP contribution < -0.4 is 0 Å². The number of benzene rings is 1. The number of methoxy groups -OCH3 is 1. The van der Waals surface area contributed by atoms with Crippen LogP contribution >= 0.6 is 23.2 Å². The molecule has 1 aromatic heterocycles. The van der Waals surface area contributed by atoms with Crippen LogP contribution in [0.1, 0.15) is 22.1 Å². The molecule has 0 radical (unpaired) electrons. The second-order valence-electron chi connectivity index (χ2n) is 6.01. The first-order valence-corrected chi connectivity index (χ1v) is 8.96. The van der Waals surface area contributed by atoms with Gasteiger partial charge in [-0.05, 0) is 17.7 Å². The summed E-state index contributed by atoms with van der Waals surface area (Å²) in [6.07, 6.45) is 1.58. The van der Waals surface area contributed by atoms with E-state index in [1.54, 1.807) is 23.2 Å². The van der Waals surface area contributed by atoms with Gasteiger partial charge in [0.2, 0.25) is 0 Å². The highest BCUT2D eigenvalue weighted by Gasteiger charge is 2.33. The predicted octanol–water partition coefficient (Wildman–Crippen LogP) is 2.99. The zero-order valence-corrected chi connectivity index (χ0v) is 15.8. The maximum absolute atomic E-state index is 12.5. The van der Waals surface area contributed by atoms with Crippen LogP contribution in [0.4, 0.5) is 0 Å².